The summed E-state index contributed by atoms with van der Waals surface area (Å²) < 4.78 is 0. The third-order valence-corrected chi connectivity index (χ3v) is 6.77. The smallest absolute Gasteiger partial charge is 0.152 e. The van der Waals surface area contributed by atoms with Crippen LogP contribution in [0.5, 0.6) is 11.5 Å². The number of phenols is 2. The molecule has 4 aromatic carbocycles. The van der Waals surface area contributed by atoms with E-state index in [4.69, 9.17) is 46.4 Å². The largest absolute Gasteiger partial charge is 0.505 e. The summed E-state index contributed by atoms with van der Waals surface area (Å²) in [5.74, 6) is -0.307. The molecule has 0 unspecified atom stereocenters. The third-order valence-electron chi connectivity index (χ3n) is 5.62. The monoisotopic (exact) mass is 486 g/mol. The Bertz CT molecular complexity index is 1330. The Balaban J connectivity index is 1.84. The molecular formula is C25H14Cl4O2. The highest BCUT2D eigenvalue weighted by Gasteiger charge is 2.25. The van der Waals surface area contributed by atoms with Gasteiger partial charge in [0, 0.05) is 0 Å². The molecular weight excluding hydrogens is 474 g/mol. The van der Waals surface area contributed by atoms with Crippen molar-refractivity contribution < 1.29 is 10.2 Å². The summed E-state index contributed by atoms with van der Waals surface area (Å²) in [6.07, 6.45) is 0.740. The lowest BCUT2D eigenvalue weighted by atomic mass is 9.88. The number of hydrogen-bond donors (Lipinski definition) is 2. The standard InChI is InChI=1S/C25H14Cl4O2/c26-19-8-13(9-20(27)24(19)30)16-5-6-17-15-4-2-1-3-12(15)7-18(17)23(16)14-10-21(28)25(31)22(29)11-14/h1-6,8-11,30-31H,7H2. The third kappa shape index (κ3) is 3.35. The first-order chi connectivity index (χ1) is 14.8. The summed E-state index contributed by atoms with van der Waals surface area (Å²) in [5.41, 5.74) is 7.98. The van der Waals surface area contributed by atoms with E-state index in [-0.39, 0.29) is 31.6 Å². The van der Waals surface area contributed by atoms with Gasteiger partial charge in [-0.05, 0) is 75.2 Å². The van der Waals surface area contributed by atoms with E-state index in [1.807, 2.05) is 18.2 Å². The lowest BCUT2D eigenvalue weighted by Gasteiger charge is -2.17. The van der Waals surface area contributed by atoms with Crippen molar-refractivity contribution in [2.24, 2.45) is 0 Å². The minimum Gasteiger partial charge on any atom is -0.505 e. The molecule has 6 heteroatoms. The van der Waals surface area contributed by atoms with Crippen LogP contribution in [-0.4, -0.2) is 10.2 Å². The Hall–Kier alpha value is -2.36. The van der Waals surface area contributed by atoms with Crippen LogP contribution in [-0.2, 0) is 6.42 Å². The fraction of sp³-hybridized carbons (Fsp3) is 0.0400. The van der Waals surface area contributed by atoms with Gasteiger partial charge in [-0.15, -0.1) is 0 Å². The molecule has 0 saturated carbocycles. The summed E-state index contributed by atoms with van der Waals surface area (Å²) in [6.45, 7) is 0. The number of aromatic hydroxyl groups is 2. The van der Waals surface area contributed by atoms with Crippen LogP contribution in [0.3, 0.4) is 0 Å². The fourth-order valence-corrected chi connectivity index (χ4v) is 5.19. The highest BCUT2D eigenvalue weighted by molar-refractivity contribution is 6.38. The van der Waals surface area contributed by atoms with E-state index >= 15 is 0 Å². The normalized spacial score (nSPS) is 12.0. The van der Waals surface area contributed by atoms with Gasteiger partial charge in [-0.2, -0.15) is 0 Å². The summed E-state index contributed by atoms with van der Waals surface area (Å²) >= 11 is 25.0. The first-order valence-electron chi connectivity index (χ1n) is 9.46. The van der Waals surface area contributed by atoms with E-state index in [1.54, 1.807) is 24.3 Å². The number of fused-ring (bicyclic) bond motifs is 3. The van der Waals surface area contributed by atoms with Gasteiger partial charge in [0.25, 0.3) is 0 Å². The molecule has 0 amide bonds. The Kier molecular flexibility index (Phi) is 5.07. The van der Waals surface area contributed by atoms with Crippen LogP contribution in [0.2, 0.25) is 20.1 Å². The molecule has 31 heavy (non-hydrogen) atoms. The topological polar surface area (TPSA) is 40.5 Å². The second-order valence-electron chi connectivity index (χ2n) is 7.43. The minimum atomic E-state index is -0.155. The second-order valence-corrected chi connectivity index (χ2v) is 9.05. The summed E-state index contributed by atoms with van der Waals surface area (Å²) in [6, 6.07) is 19.1. The van der Waals surface area contributed by atoms with Gasteiger partial charge in [0.2, 0.25) is 0 Å². The lowest BCUT2D eigenvalue weighted by molar-refractivity contribution is 0.475. The second kappa shape index (κ2) is 7.65. The molecule has 0 heterocycles. The maximum atomic E-state index is 10.1. The molecule has 5 rings (SSSR count). The van der Waals surface area contributed by atoms with Crippen molar-refractivity contribution in [1.29, 1.82) is 0 Å². The molecule has 2 N–H and O–H groups in total. The molecule has 0 atom stereocenters. The van der Waals surface area contributed by atoms with Gasteiger partial charge in [-0.3, -0.25) is 0 Å². The van der Waals surface area contributed by atoms with Gasteiger partial charge in [-0.25, -0.2) is 0 Å². The molecule has 0 fully saturated rings. The predicted octanol–water partition coefficient (Wildman–Crippen LogP) is 8.62. The molecule has 0 saturated heterocycles. The Morgan fingerprint density at radius 3 is 1.71 bits per heavy atom. The van der Waals surface area contributed by atoms with Gasteiger partial charge < -0.3 is 10.2 Å². The van der Waals surface area contributed by atoms with Gasteiger partial charge in [0.05, 0.1) is 20.1 Å². The van der Waals surface area contributed by atoms with Crippen molar-refractivity contribution in [3.8, 4) is 44.9 Å². The van der Waals surface area contributed by atoms with Gasteiger partial charge in [0.15, 0.2) is 11.5 Å². The van der Waals surface area contributed by atoms with Crippen molar-refractivity contribution in [2.75, 3.05) is 0 Å². The van der Waals surface area contributed by atoms with Gasteiger partial charge >= 0.3 is 0 Å². The summed E-state index contributed by atoms with van der Waals surface area (Å²) in [5, 5.41) is 20.8. The molecule has 1 aliphatic rings. The zero-order valence-corrected chi connectivity index (χ0v) is 18.9. The Labute approximate surface area is 199 Å². The maximum absolute atomic E-state index is 10.1. The molecule has 154 valence electrons. The number of halogens is 4. The first-order valence-corrected chi connectivity index (χ1v) is 11.0. The average molecular weight is 488 g/mol. The van der Waals surface area contributed by atoms with Crippen molar-refractivity contribution >= 4 is 46.4 Å². The van der Waals surface area contributed by atoms with E-state index < -0.39 is 0 Å². The van der Waals surface area contributed by atoms with Gasteiger partial charge in [0.1, 0.15) is 0 Å². The fourth-order valence-electron chi connectivity index (χ4n) is 4.21. The molecule has 0 aromatic heterocycles. The molecule has 2 nitrogen and oxygen atoms in total. The number of benzene rings is 4. The highest BCUT2D eigenvalue weighted by atomic mass is 35.5. The van der Waals surface area contributed by atoms with Crippen molar-refractivity contribution in [3.63, 3.8) is 0 Å². The molecule has 1 aliphatic carbocycles. The van der Waals surface area contributed by atoms with E-state index in [9.17, 15) is 10.2 Å². The van der Waals surface area contributed by atoms with Crippen LogP contribution < -0.4 is 0 Å². The van der Waals surface area contributed by atoms with Crippen LogP contribution in [0.15, 0.2) is 60.7 Å². The van der Waals surface area contributed by atoms with E-state index in [0.717, 1.165) is 39.8 Å². The van der Waals surface area contributed by atoms with E-state index in [2.05, 4.69) is 18.2 Å². The first kappa shape index (κ1) is 20.5. The quantitative estimate of drug-likeness (QED) is 0.261. The zero-order chi connectivity index (χ0) is 21.9. The number of rotatable bonds is 2. The predicted molar refractivity (Wildman–Crippen MR) is 129 cm³/mol. The maximum Gasteiger partial charge on any atom is 0.152 e. The number of phenolic OH excluding ortho intramolecular Hbond substituents is 2. The molecule has 0 radical (unpaired) electrons. The highest BCUT2D eigenvalue weighted by Crippen LogP contribution is 2.49. The van der Waals surface area contributed by atoms with E-state index in [1.165, 1.54) is 11.1 Å². The van der Waals surface area contributed by atoms with Crippen LogP contribution >= 0.6 is 46.4 Å². The molecule has 4 aromatic rings. The number of hydrogen-bond acceptors (Lipinski definition) is 2. The van der Waals surface area contributed by atoms with Crippen LogP contribution in [0.1, 0.15) is 11.1 Å². The SMILES string of the molecule is Oc1c(Cl)cc(-c2ccc3c(c2-c2cc(Cl)c(O)c(Cl)c2)Cc2ccccc2-3)cc1Cl. The summed E-state index contributed by atoms with van der Waals surface area (Å²) in [7, 11) is 0. The average Bonchev–Trinajstić information content (AvgIpc) is 3.13. The van der Waals surface area contributed by atoms with Gasteiger partial charge in [-0.1, -0.05) is 82.8 Å². The molecule has 0 bridgehead atoms. The zero-order valence-electron chi connectivity index (χ0n) is 15.9. The van der Waals surface area contributed by atoms with E-state index in [0.29, 0.717) is 0 Å². The Morgan fingerprint density at radius 2 is 1.10 bits per heavy atom. The van der Waals surface area contributed by atoms with Crippen LogP contribution in [0.4, 0.5) is 0 Å². The summed E-state index contributed by atoms with van der Waals surface area (Å²) in [4.78, 5) is 0. The lowest BCUT2D eigenvalue weighted by Crippen LogP contribution is -1.94. The van der Waals surface area contributed by atoms with Crippen LogP contribution in [0.25, 0.3) is 33.4 Å². The Morgan fingerprint density at radius 1 is 0.581 bits per heavy atom. The molecule has 0 aliphatic heterocycles. The molecule has 0 spiro atoms. The van der Waals surface area contributed by atoms with Crippen molar-refractivity contribution in [1.82, 2.24) is 0 Å². The van der Waals surface area contributed by atoms with Crippen molar-refractivity contribution in [2.45, 2.75) is 6.42 Å². The van der Waals surface area contributed by atoms with Crippen molar-refractivity contribution in [3.05, 3.63) is 91.9 Å². The minimum absolute atomic E-state index is 0.153. The van der Waals surface area contributed by atoms with Crippen LogP contribution in [0, 0.1) is 0 Å².